The van der Waals surface area contributed by atoms with Crippen molar-refractivity contribution in [1.82, 2.24) is 10.6 Å². The van der Waals surface area contributed by atoms with Gasteiger partial charge in [-0.05, 0) is 46.0 Å². The van der Waals surface area contributed by atoms with E-state index in [4.69, 9.17) is 14.5 Å². The van der Waals surface area contributed by atoms with Crippen molar-refractivity contribution in [3.05, 3.63) is 11.6 Å². The number of nitrogens with one attached hydrogen (secondary N) is 2. The van der Waals surface area contributed by atoms with Crippen molar-refractivity contribution in [3.63, 3.8) is 0 Å². The molecule has 0 saturated heterocycles. The van der Waals surface area contributed by atoms with E-state index in [9.17, 15) is 0 Å². The number of aliphatic imine (C=N–C) groups is 1. The normalized spacial score (nSPS) is 27.3. The minimum atomic E-state index is 0. The molecule has 1 aliphatic heterocycles. The third-order valence-corrected chi connectivity index (χ3v) is 6.35. The van der Waals surface area contributed by atoms with E-state index in [1.807, 2.05) is 0 Å². The van der Waals surface area contributed by atoms with Crippen molar-refractivity contribution in [2.45, 2.75) is 77.4 Å². The molecule has 2 fully saturated rings. The second kappa shape index (κ2) is 11.6. The summed E-state index contributed by atoms with van der Waals surface area (Å²) in [5.74, 6) is 0.977. The van der Waals surface area contributed by atoms with Gasteiger partial charge in [-0.25, -0.2) is 0 Å². The Kier molecular flexibility index (Phi) is 9.87. The summed E-state index contributed by atoms with van der Waals surface area (Å²) < 4.78 is 11.5. The Morgan fingerprint density at radius 1 is 1.30 bits per heavy atom. The SMILES string of the molecule is CCNC(=NCCC1=CCOCC1)NC1CC(OCC)C12CCCCC2.I. The van der Waals surface area contributed by atoms with Crippen LogP contribution in [0, 0.1) is 5.41 Å². The van der Waals surface area contributed by atoms with Crippen LogP contribution < -0.4 is 10.6 Å². The first-order valence-electron chi connectivity index (χ1n) is 10.7. The summed E-state index contributed by atoms with van der Waals surface area (Å²) in [5, 5.41) is 7.20. The van der Waals surface area contributed by atoms with Gasteiger partial charge in [-0.3, -0.25) is 4.99 Å². The molecule has 2 aliphatic carbocycles. The summed E-state index contributed by atoms with van der Waals surface area (Å²) in [6.45, 7) is 8.45. The zero-order chi connectivity index (χ0) is 18.2. The lowest BCUT2D eigenvalue weighted by molar-refractivity contribution is -0.145. The standard InChI is InChI=1S/C21H37N3O2.HI/c1-3-22-20(23-13-8-17-9-14-25-15-10-17)24-18-16-19(26-4-2)21(18)11-6-5-7-12-21;/h9,18-19H,3-8,10-16H2,1-2H3,(H2,22,23,24);1H. The van der Waals surface area contributed by atoms with Crippen LogP contribution in [0.4, 0.5) is 0 Å². The van der Waals surface area contributed by atoms with Crippen molar-refractivity contribution >= 4 is 29.9 Å². The first kappa shape index (κ1) is 22.9. The van der Waals surface area contributed by atoms with E-state index in [1.165, 1.54) is 37.7 Å². The van der Waals surface area contributed by atoms with Crippen molar-refractivity contribution in [2.75, 3.05) is 32.9 Å². The van der Waals surface area contributed by atoms with Crippen LogP contribution in [0.1, 0.15) is 65.2 Å². The molecule has 1 heterocycles. The predicted molar refractivity (Wildman–Crippen MR) is 122 cm³/mol. The fraction of sp³-hybridized carbons (Fsp3) is 0.857. The number of rotatable bonds is 7. The van der Waals surface area contributed by atoms with Gasteiger partial charge in [0.15, 0.2) is 5.96 Å². The lowest BCUT2D eigenvalue weighted by Crippen LogP contribution is -2.66. The van der Waals surface area contributed by atoms with Gasteiger partial charge >= 0.3 is 0 Å². The Morgan fingerprint density at radius 2 is 2.11 bits per heavy atom. The Balaban J connectivity index is 0.00000261. The number of guanidine groups is 1. The van der Waals surface area contributed by atoms with Crippen LogP contribution in [-0.4, -0.2) is 51.0 Å². The average Bonchev–Trinajstić information content (AvgIpc) is 2.68. The summed E-state index contributed by atoms with van der Waals surface area (Å²) in [6, 6.07) is 0.499. The second-order valence-electron chi connectivity index (χ2n) is 7.87. The fourth-order valence-electron chi connectivity index (χ4n) is 4.85. The largest absolute Gasteiger partial charge is 0.378 e. The van der Waals surface area contributed by atoms with Crippen molar-refractivity contribution in [1.29, 1.82) is 0 Å². The topological polar surface area (TPSA) is 54.9 Å². The lowest BCUT2D eigenvalue weighted by Gasteiger charge is -2.58. The Bertz CT molecular complexity index is 504. The van der Waals surface area contributed by atoms with Gasteiger partial charge in [0.25, 0.3) is 0 Å². The molecule has 2 unspecified atom stereocenters. The molecule has 5 nitrogen and oxygen atoms in total. The highest BCUT2D eigenvalue weighted by atomic mass is 127. The van der Waals surface area contributed by atoms with Gasteiger partial charge in [0.05, 0.1) is 19.3 Å². The molecule has 2 atom stereocenters. The van der Waals surface area contributed by atoms with E-state index in [2.05, 4.69) is 30.6 Å². The first-order valence-corrected chi connectivity index (χ1v) is 10.7. The lowest BCUT2D eigenvalue weighted by atomic mass is 9.55. The Labute approximate surface area is 182 Å². The average molecular weight is 491 g/mol. The molecule has 1 spiro atoms. The molecule has 27 heavy (non-hydrogen) atoms. The van der Waals surface area contributed by atoms with Crippen LogP contribution >= 0.6 is 24.0 Å². The van der Waals surface area contributed by atoms with Gasteiger partial charge in [-0.1, -0.05) is 30.9 Å². The quantitative estimate of drug-likeness (QED) is 0.245. The molecular formula is C21H38IN3O2. The van der Waals surface area contributed by atoms with E-state index in [0.29, 0.717) is 17.6 Å². The highest BCUT2D eigenvalue weighted by molar-refractivity contribution is 14.0. The molecule has 3 aliphatic rings. The van der Waals surface area contributed by atoms with Crippen molar-refractivity contribution in [3.8, 4) is 0 Å². The maximum Gasteiger partial charge on any atom is 0.191 e. The van der Waals surface area contributed by atoms with E-state index < -0.39 is 0 Å². The number of hydrogen-bond donors (Lipinski definition) is 2. The number of halogens is 1. The van der Waals surface area contributed by atoms with Crippen molar-refractivity contribution in [2.24, 2.45) is 10.4 Å². The first-order chi connectivity index (χ1) is 12.8. The highest BCUT2D eigenvalue weighted by Gasteiger charge is 2.55. The highest BCUT2D eigenvalue weighted by Crippen LogP contribution is 2.53. The van der Waals surface area contributed by atoms with Gasteiger partial charge in [0, 0.05) is 31.2 Å². The van der Waals surface area contributed by atoms with E-state index in [0.717, 1.165) is 58.1 Å². The molecule has 0 amide bonds. The predicted octanol–water partition coefficient (Wildman–Crippen LogP) is 4.02. The second-order valence-corrected chi connectivity index (χ2v) is 7.87. The third kappa shape index (κ3) is 5.82. The molecule has 2 saturated carbocycles. The Hall–Kier alpha value is -0.340. The van der Waals surface area contributed by atoms with Crippen LogP contribution in [0.3, 0.4) is 0 Å². The van der Waals surface area contributed by atoms with E-state index in [1.54, 1.807) is 0 Å². The van der Waals surface area contributed by atoms with E-state index >= 15 is 0 Å². The molecule has 2 N–H and O–H groups in total. The molecule has 6 heteroatoms. The summed E-state index contributed by atoms with van der Waals surface area (Å²) >= 11 is 0. The third-order valence-electron chi connectivity index (χ3n) is 6.35. The summed E-state index contributed by atoms with van der Waals surface area (Å²) in [7, 11) is 0. The van der Waals surface area contributed by atoms with Crippen LogP contribution in [0.25, 0.3) is 0 Å². The molecule has 0 bridgehead atoms. The number of nitrogens with zero attached hydrogens (tertiary/aromatic N) is 1. The molecule has 156 valence electrons. The maximum atomic E-state index is 6.08. The number of hydrogen-bond acceptors (Lipinski definition) is 3. The summed E-state index contributed by atoms with van der Waals surface area (Å²) in [4.78, 5) is 4.85. The summed E-state index contributed by atoms with van der Waals surface area (Å²) in [6.07, 6.45) is 12.5. The van der Waals surface area contributed by atoms with Gasteiger partial charge in [0.2, 0.25) is 0 Å². The minimum Gasteiger partial charge on any atom is -0.378 e. The zero-order valence-electron chi connectivity index (χ0n) is 17.1. The minimum absolute atomic E-state index is 0. The smallest absolute Gasteiger partial charge is 0.191 e. The number of ether oxygens (including phenoxy) is 2. The van der Waals surface area contributed by atoms with Crippen LogP contribution in [0.2, 0.25) is 0 Å². The molecule has 0 aromatic heterocycles. The van der Waals surface area contributed by atoms with Crippen LogP contribution in [0.5, 0.6) is 0 Å². The molecular weight excluding hydrogens is 453 g/mol. The Morgan fingerprint density at radius 3 is 2.78 bits per heavy atom. The molecule has 0 aromatic carbocycles. The summed E-state index contributed by atoms with van der Waals surface area (Å²) in [5.41, 5.74) is 1.81. The van der Waals surface area contributed by atoms with Crippen molar-refractivity contribution < 1.29 is 9.47 Å². The van der Waals surface area contributed by atoms with Crippen LogP contribution in [-0.2, 0) is 9.47 Å². The monoisotopic (exact) mass is 491 g/mol. The van der Waals surface area contributed by atoms with Gasteiger partial charge in [-0.2, -0.15) is 0 Å². The van der Waals surface area contributed by atoms with Gasteiger partial charge in [-0.15, -0.1) is 24.0 Å². The maximum absolute atomic E-state index is 6.08. The zero-order valence-corrected chi connectivity index (χ0v) is 19.4. The molecule has 0 radical (unpaired) electrons. The molecule has 3 rings (SSSR count). The molecule has 0 aromatic rings. The van der Waals surface area contributed by atoms with E-state index in [-0.39, 0.29) is 24.0 Å². The fourth-order valence-corrected chi connectivity index (χ4v) is 4.85. The van der Waals surface area contributed by atoms with Gasteiger partial charge in [0.1, 0.15) is 0 Å². The van der Waals surface area contributed by atoms with Crippen LogP contribution in [0.15, 0.2) is 16.6 Å². The van der Waals surface area contributed by atoms with Gasteiger partial charge < -0.3 is 20.1 Å².